The number of carbonyl (C=O) groups is 1. The molecule has 1 aliphatic rings. The van der Waals surface area contributed by atoms with Crippen molar-refractivity contribution in [1.29, 1.82) is 0 Å². The van der Waals surface area contributed by atoms with E-state index in [4.69, 9.17) is 5.73 Å². The van der Waals surface area contributed by atoms with Crippen molar-refractivity contribution in [3.8, 4) is 0 Å². The Bertz CT molecular complexity index is 334. The van der Waals surface area contributed by atoms with Crippen molar-refractivity contribution in [3.63, 3.8) is 0 Å². The van der Waals surface area contributed by atoms with Gasteiger partial charge < -0.3 is 11.1 Å². The van der Waals surface area contributed by atoms with Crippen LogP contribution in [0, 0.1) is 0 Å². The van der Waals surface area contributed by atoms with Crippen molar-refractivity contribution in [1.82, 2.24) is 10.3 Å². The number of nitrogen functional groups attached to an aromatic ring is 1. The molecule has 4 heteroatoms. The van der Waals surface area contributed by atoms with Gasteiger partial charge in [0.25, 0.3) is 0 Å². The molecule has 0 aliphatic carbocycles. The van der Waals surface area contributed by atoms with Crippen LogP contribution in [0.15, 0.2) is 18.3 Å². The van der Waals surface area contributed by atoms with Gasteiger partial charge in [-0.3, -0.25) is 4.79 Å². The topological polar surface area (TPSA) is 68.0 Å². The van der Waals surface area contributed by atoms with Gasteiger partial charge in [0.05, 0.1) is 5.92 Å². The molecule has 0 spiro atoms. The minimum absolute atomic E-state index is 0.0446. The zero-order valence-electron chi connectivity index (χ0n) is 7.86. The molecule has 1 saturated heterocycles. The molecule has 3 N–H and O–H groups in total. The third-order valence-corrected chi connectivity index (χ3v) is 2.50. The lowest BCUT2D eigenvalue weighted by Gasteiger charge is -2.21. The zero-order valence-corrected chi connectivity index (χ0v) is 7.86. The van der Waals surface area contributed by atoms with Gasteiger partial charge in [-0.05, 0) is 11.6 Å². The molecule has 1 aromatic rings. The maximum atomic E-state index is 11.6. The van der Waals surface area contributed by atoms with E-state index in [1.807, 2.05) is 6.07 Å². The summed E-state index contributed by atoms with van der Waals surface area (Å²) in [7, 11) is 0. The second-order valence-corrected chi connectivity index (χ2v) is 3.49. The molecule has 1 unspecified atom stereocenters. The fourth-order valence-corrected chi connectivity index (χ4v) is 1.67. The largest absolute Gasteiger partial charge is 0.384 e. The summed E-state index contributed by atoms with van der Waals surface area (Å²) >= 11 is 0. The van der Waals surface area contributed by atoms with Gasteiger partial charge in [0.15, 0.2) is 0 Å². The fourth-order valence-electron chi connectivity index (χ4n) is 1.67. The summed E-state index contributed by atoms with van der Waals surface area (Å²) in [6.45, 7) is 1.50. The normalized spacial score (nSPS) is 22.3. The predicted molar refractivity (Wildman–Crippen MR) is 53.9 cm³/mol. The summed E-state index contributed by atoms with van der Waals surface area (Å²) in [4.78, 5) is 15.6. The molecule has 2 rings (SSSR count). The van der Waals surface area contributed by atoms with E-state index >= 15 is 0 Å². The van der Waals surface area contributed by atoms with Gasteiger partial charge in [0, 0.05) is 25.7 Å². The van der Waals surface area contributed by atoms with Gasteiger partial charge in [-0.15, -0.1) is 0 Å². The number of piperidine rings is 1. The number of carbonyl (C=O) groups excluding carboxylic acids is 1. The van der Waals surface area contributed by atoms with Crippen molar-refractivity contribution in [2.45, 2.75) is 12.3 Å². The van der Waals surface area contributed by atoms with Gasteiger partial charge in [0.1, 0.15) is 11.6 Å². The quantitative estimate of drug-likeness (QED) is 0.670. The Morgan fingerprint density at radius 1 is 1.50 bits per heavy atom. The van der Waals surface area contributed by atoms with E-state index < -0.39 is 0 Å². The van der Waals surface area contributed by atoms with Gasteiger partial charge in [-0.25, -0.2) is 4.98 Å². The van der Waals surface area contributed by atoms with Gasteiger partial charge >= 0.3 is 0 Å². The van der Waals surface area contributed by atoms with Crippen molar-refractivity contribution in [2.24, 2.45) is 0 Å². The smallest absolute Gasteiger partial charge is 0.142 e. The molecule has 2 heterocycles. The fraction of sp³-hybridized carbons (Fsp3) is 0.400. The Labute approximate surface area is 82.5 Å². The molecule has 0 aromatic carbocycles. The number of hydrogen-bond donors (Lipinski definition) is 2. The summed E-state index contributed by atoms with van der Waals surface area (Å²) in [6, 6.07) is 3.61. The summed E-state index contributed by atoms with van der Waals surface area (Å²) in [6.07, 6.45) is 2.29. The Morgan fingerprint density at radius 2 is 2.36 bits per heavy atom. The van der Waals surface area contributed by atoms with E-state index in [2.05, 4.69) is 10.3 Å². The third-order valence-electron chi connectivity index (χ3n) is 2.50. The number of rotatable bonds is 1. The van der Waals surface area contributed by atoms with Crippen molar-refractivity contribution in [3.05, 3.63) is 23.9 Å². The Hall–Kier alpha value is -1.42. The van der Waals surface area contributed by atoms with Crippen LogP contribution in [0.5, 0.6) is 0 Å². The van der Waals surface area contributed by atoms with Gasteiger partial charge in [-0.2, -0.15) is 0 Å². The number of nitrogens with two attached hydrogens (primary N) is 1. The SMILES string of the molecule is Nc1ccc(C2CNCCC2=O)cn1. The minimum Gasteiger partial charge on any atom is -0.384 e. The molecular formula is C10H13N3O. The van der Waals surface area contributed by atoms with Crippen LogP contribution in [-0.2, 0) is 4.79 Å². The van der Waals surface area contributed by atoms with Crippen LogP contribution in [0.4, 0.5) is 5.82 Å². The van der Waals surface area contributed by atoms with Gasteiger partial charge in [0.2, 0.25) is 0 Å². The van der Waals surface area contributed by atoms with E-state index in [1.54, 1.807) is 12.3 Å². The molecule has 4 nitrogen and oxygen atoms in total. The average molecular weight is 191 g/mol. The van der Waals surface area contributed by atoms with E-state index in [-0.39, 0.29) is 11.7 Å². The highest BCUT2D eigenvalue weighted by molar-refractivity contribution is 5.86. The third kappa shape index (κ3) is 1.75. The number of ketones is 1. The lowest BCUT2D eigenvalue weighted by atomic mass is 9.91. The molecule has 0 radical (unpaired) electrons. The first-order valence-corrected chi connectivity index (χ1v) is 4.72. The highest BCUT2D eigenvalue weighted by atomic mass is 16.1. The van der Waals surface area contributed by atoms with E-state index in [0.29, 0.717) is 18.8 Å². The maximum absolute atomic E-state index is 11.6. The van der Waals surface area contributed by atoms with Crippen LogP contribution in [0.3, 0.4) is 0 Å². The van der Waals surface area contributed by atoms with Crippen LogP contribution < -0.4 is 11.1 Å². The maximum Gasteiger partial charge on any atom is 0.142 e. The minimum atomic E-state index is -0.0446. The molecule has 1 aliphatic heterocycles. The van der Waals surface area contributed by atoms with Crippen LogP contribution >= 0.6 is 0 Å². The number of nitrogens with one attached hydrogen (secondary N) is 1. The van der Waals surface area contributed by atoms with Crippen LogP contribution in [0.1, 0.15) is 17.9 Å². The molecule has 1 aromatic heterocycles. The van der Waals surface area contributed by atoms with Crippen LogP contribution in [0.2, 0.25) is 0 Å². The van der Waals surface area contributed by atoms with Crippen LogP contribution in [0.25, 0.3) is 0 Å². The molecule has 0 saturated carbocycles. The number of aromatic nitrogens is 1. The summed E-state index contributed by atoms with van der Waals surface area (Å²) in [5, 5.41) is 3.20. The number of anilines is 1. The number of hydrogen-bond acceptors (Lipinski definition) is 4. The van der Waals surface area contributed by atoms with Crippen molar-refractivity contribution < 1.29 is 4.79 Å². The molecule has 0 bridgehead atoms. The lowest BCUT2D eigenvalue weighted by Crippen LogP contribution is -2.35. The molecular weight excluding hydrogens is 178 g/mol. The molecule has 1 atom stereocenters. The number of pyridine rings is 1. The van der Waals surface area contributed by atoms with E-state index in [9.17, 15) is 4.79 Å². The first-order chi connectivity index (χ1) is 6.77. The van der Waals surface area contributed by atoms with Gasteiger partial charge in [-0.1, -0.05) is 6.07 Å². The second kappa shape index (κ2) is 3.75. The van der Waals surface area contributed by atoms with Crippen molar-refractivity contribution in [2.75, 3.05) is 18.8 Å². The van der Waals surface area contributed by atoms with Crippen LogP contribution in [-0.4, -0.2) is 23.9 Å². The Balaban J connectivity index is 2.20. The zero-order chi connectivity index (χ0) is 9.97. The first kappa shape index (κ1) is 9.15. The monoisotopic (exact) mass is 191 g/mol. The van der Waals surface area contributed by atoms with E-state index in [0.717, 1.165) is 12.1 Å². The average Bonchev–Trinajstić information content (AvgIpc) is 2.20. The van der Waals surface area contributed by atoms with E-state index in [1.165, 1.54) is 0 Å². The summed E-state index contributed by atoms with van der Waals surface area (Å²) in [5.41, 5.74) is 6.43. The summed E-state index contributed by atoms with van der Waals surface area (Å²) in [5.74, 6) is 0.733. The Kier molecular flexibility index (Phi) is 2.45. The molecule has 14 heavy (non-hydrogen) atoms. The highest BCUT2D eigenvalue weighted by Crippen LogP contribution is 2.19. The number of Topliss-reactive ketones (excluding diaryl/α,β-unsaturated/α-hetero) is 1. The standard InChI is InChI=1S/C10H13N3O/c11-10-2-1-7(5-13-10)8-6-12-4-3-9(8)14/h1-2,5,8,12H,3-4,6H2,(H2,11,13). The molecule has 1 fully saturated rings. The number of nitrogens with zero attached hydrogens (tertiary/aromatic N) is 1. The Morgan fingerprint density at radius 3 is 3.00 bits per heavy atom. The summed E-state index contributed by atoms with van der Waals surface area (Å²) < 4.78 is 0. The highest BCUT2D eigenvalue weighted by Gasteiger charge is 2.23. The lowest BCUT2D eigenvalue weighted by molar-refractivity contribution is -0.121. The first-order valence-electron chi connectivity index (χ1n) is 4.72. The second-order valence-electron chi connectivity index (χ2n) is 3.49. The predicted octanol–water partition coefficient (Wildman–Crippen LogP) is 0.310. The molecule has 74 valence electrons. The van der Waals surface area contributed by atoms with Crippen molar-refractivity contribution >= 4 is 11.6 Å². The molecule has 0 amide bonds.